The maximum Gasteiger partial charge on any atom is 0.417 e. The summed E-state index contributed by atoms with van der Waals surface area (Å²) in [6, 6.07) is 6.30. The molecule has 2 N–H and O–H groups in total. The van der Waals surface area contributed by atoms with Gasteiger partial charge in [-0.05, 0) is 49.3 Å². The van der Waals surface area contributed by atoms with Gasteiger partial charge in [-0.1, -0.05) is 20.3 Å². The summed E-state index contributed by atoms with van der Waals surface area (Å²) < 4.78 is 5.02. The number of aromatic amines is 1. The predicted molar refractivity (Wildman–Crippen MR) is 81.1 cm³/mol. The minimum absolute atomic E-state index is 0.395. The van der Waals surface area contributed by atoms with Gasteiger partial charge in [-0.2, -0.15) is 0 Å². The van der Waals surface area contributed by atoms with Crippen molar-refractivity contribution in [1.82, 2.24) is 4.98 Å². The van der Waals surface area contributed by atoms with E-state index in [-0.39, 0.29) is 0 Å². The molecule has 0 aliphatic heterocycles. The Morgan fingerprint density at radius 1 is 1.30 bits per heavy atom. The number of hydrogen-bond acceptors (Lipinski definition) is 3. The normalized spacial score (nSPS) is 22.6. The Kier molecular flexibility index (Phi) is 3.32. The molecule has 1 aromatic heterocycles. The summed E-state index contributed by atoms with van der Waals surface area (Å²) in [6.07, 6.45) is 6.25. The number of hydrogen-bond donors (Lipinski definition) is 2. The van der Waals surface area contributed by atoms with E-state index in [1.807, 2.05) is 18.2 Å². The van der Waals surface area contributed by atoms with E-state index in [4.69, 9.17) is 4.42 Å². The lowest BCUT2D eigenvalue weighted by molar-refractivity contribution is 0.313. The Morgan fingerprint density at radius 3 is 3.00 bits per heavy atom. The van der Waals surface area contributed by atoms with E-state index < -0.39 is 5.76 Å². The van der Waals surface area contributed by atoms with Crippen LogP contribution in [0, 0.1) is 5.41 Å². The van der Waals surface area contributed by atoms with E-state index in [0.29, 0.717) is 17.0 Å². The maximum atomic E-state index is 11.2. The molecule has 1 unspecified atom stereocenters. The van der Waals surface area contributed by atoms with E-state index >= 15 is 0 Å². The molecule has 1 heterocycles. The number of nitrogens with one attached hydrogen (secondary N) is 2. The molecule has 108 valence electrons. The summed E-state index contributed by atoms with van der Waals surface area (Å²) in [5.74, 6) is -0.395. The van der Waals surface area contributed by atoms with Crippen molar-refractivity contribution in [1.29, 1.82) is 0 Å². The van der Waals surface area contributed by atoms with Gasteiger partial charge in [0.15, 0.2) is 5.58 Å². The van der Waals surface area contributed by atoms with Crippen molar-refractivity contribution in [2.75, 3.05) is 5.32 Å². The van der Waals surface area contributed by atoms with Gasteiger partial charge in [0.25, 0.3) is 0 Å². The van der Waals surface area contributed by atoms with Crippen LogP contribution in [-0.2, 0) is 0 Å². The Labute approximate surface area is 118 Å². The van der Waals surface area contributed by atoms with Crippen molar-refractivity contribution in [3.05, 3.63) is 28.7 Å². The Morgan fingerprint density at radius 2 is 2.15 bits per heavy atom. The van der Waals surface area contributed by atoms with E-state index in [9.17, 15) is 4.79 Å². The van der Waals surface area contributed by atoms with Crippen molar-refractivity contribution in [2.45, 2.75) is 52.0 Å². The molecule has 1 saturated carbocycles. The standard InChI is InChI=1S/C16H22N2O2/c1-16(2)8-3-4-11(7-9-16)17-12-5-6-14-13(10-12)18-15(19)20-14/h5-6,10-11,17H,3-4,7-9H2,1-2H3,(H,18,19). The number of aromatic nitrogens is 1. The lowest BCUT2D eigenvalue weighted by atomic mass is 9.85. The molecular formula is C16H22N2O2. The minimum Gasteiger partial charge on any atom is -0.408 e. The Bertz CT molecular complexity index is 654. The number of benzene rings is 1. The molecule has 0 saturated heterocycles. The van der Waals surface area contributed by atoms with E-state index in [2.05, 4.69) is 24.1 Å². The predicted octanol–water partition coefficient (Wildman–Crippen LogP) is 3.89. The monoisotopic (exact) mass is 274 g/mol. The van der Waals surface area contributed by atoms with E-state index in [1.54, 1.807) is 0 Å². The van der Waals surface area contributed by atoms with Crippen molar-refractivity contribution in [3.63, 3.8) is 0 Å². The molecule has 0 amide bonds. The second kappa shape index (κ2) is 5.00. The summed E-state index contributed by atoms with van der Waals surface area (Å²) in [5.41, 5.74) is 2.90. The number of oxazole rings is 1. The first-order valence-electron chi connectivity index (χ1n) is 7.41. The highest BCUT2D eigenvalue weighted by atomic mass is 16.4. The van der Waals surface area contributed by atoms with Crippen molar-refractivity contribution >= 4 is 16.8 Å². The van der Waals surface area contributed by atoms with Crippen molar-refractivity contribution < 1.29 is 4.42 Å². The van der Waals surface area contributed by atoms with Gasteiger partial charge >= 0.3 is 5.76 Å². The van der Waals surface area contributed by atoms with Crippen LogP contribution in [0.1, 0.15) is 46.0 Å². The van der Waals surface area contributed by atoms with Crippen molar-refractivity contribution in [2.24, 2.45) is 5.41 Å². The molecule has 20 heavy (non-hydrogen) atoms. The first-order valence-corrected chi connectivity index (χ1v) is 7.41. The van der Waals surface area contributed by atoms with Crippen LogP contribution in [0.25, 0.3) is 11.1 Å². The first-order chi connectivity index (χ1) is 9.52. The summed E-state index contributed by atoms with van der Waals surface area (Å²) in [4.78, 5) is 13.9. The second-order valence-electron chi connectivity index (χ2n) is 6.66. The third kappa shape index (κ3) is 2.89. The molecule has 1 fully saturated rings. The molecule has 1 aliphatic carbocycles. The van der Waals surface area contributed by atoms with Crippen LogP contribution in [0.5, 0.6) is 0 Å². The molecule has 0 radical (unpaired) electrons. The quantitative estimate of drug-likeness (QED) is 0.817. The third-order valence-electron chi connectivity index (χ3n) is 4.37. The fourth-order valence-electron chi connectivity index (χ4n) is 3.08. The fraction of sp³-hybridized carbons (Fsp3) is 0.562. The van der Waals surface area contributed by atoms with Gasteiger partial charge in [-0.3, -0.25) is 4.98 Å². The minimum atomic E-state index is -0.395. The Balaban J connectivity index is 1.74. The molecule has 3 rings (SSSR count). The molecule has 4 heteroatoms. The molecule has 4 nitrogen and oxygen atoms in total. The van der Waals surface area contributed by atoms with Crippen LogP contribution in [0.3, 0.4) is 0 Å². The van der Waals surface area contributed by atoms with Crippen molar-refractivity contribution in [3.8, 4) is 0 Å². The fourth-order valence-corrected chi connectivity index (χ4v) is 3.08. The van der Waals surface area contributed by atoms with Gasteiger partial charge in [0.2, 0.25) is 0 Å². The molecule has 1 aromatic carbocycles. The second-order valence-corrected chi connectivity index (χ2v) is 6.66. The van der Waals surface area contributed by atoms with Crippen LogP contribution in [0.2, 0.25) is 0 Å². The van der Waals surface area contributed by atoms with E-state index in [0.717, 1.165) is 11.2 Å². The zero-order chi connectivity index (χ0) is 14.2. The zero-order valence-corrected chi connectivity index (χ0v) is 12.2. The zero-order valence-electron chi connectivity index (χ0n) is 12.2. The van der Waals surface area contributed by atoms with Gasteiger partial charge in [-0.15, -0.1) is 0 Å². The summed E-state index contributed by atoms with van der Waals surface area (Å²) in [7, 11) is 0. The lowest BCUT2D eigenvalue weighted by Crippen LogP contribution is -2.19. The van der Waals surface area contributed by atoms with Gasteiger partial charge in [0.05, 0.1) is 5.52 Å². The van der Waals surface area contributed by atoms with Gasteiger partial charge in [-0.25, -0.2) is 4.79 Å². The summed E-state index contributed by atoms with van der Waals surface area (Å²) in [6.45, 7) is 4.72. The van der Waals surface area contributed by atoms with Gasteiger partial charge < -0.3 is 9.73 Å². The number of rotatable bonds is 2. The average molecular weight is 274 g/mol. The molecule has 0 bridgehead atoms. The molecular weight excluding hydrogens is 252 g/mol. The van der Waals surface area contributed by atoms with Crippen LogP contribution in [0.15, 0.2) is 27.4 Å². The van der Waals surface area contributed by atoms with Crippen LogP contribution >= 0.6 is 0 Å². The van der Waals surface area contributed by atoms with Gasteiger partial charge in [0, 0.05) is 11.7 Å². The number of fused-ring (bicyclic) bond motifs is 1. The van der Waals surface area contributed by atoms with E-state index in [1.165, 1.54) is 32.1 Å². The summed E-state index contributed by atoms with van der Waals surface area (Å²) >= 11 is 0. The highest BCUT2D eigenvalue weighted by molar-refractivity contribution is 5.76. The smallest absolute Gasteiger partial charge is 0.408 e. The lowest BCUT2D eigenvalue weighted by Gasteiger charge is -2.22. The first kappa shape index (κ1) is 13.3. The number of H-pyrrole nitrogens is 1. The summed E-state index contributed by atoms with van der Waals surface area (Å²) in [5, 5.41) is 3.60. The SMILES string of the molecule is CC1(C)CCCC(Nc2ccc3oc(=O)[nH]c3c2)CC1. The largest absolute Gasteiger partial charge is 0.417 e. The van der Waals surface area contributed by atoms with Gasteiger partial charge in [0.1, 0.15) is 0 Å². The highest BCUT2D eigenvalue weighted by Gasteiger charge is 2.24. The Hall–Kier alpha value is -1.71. The topological polar surface area (TPSA) is 58.0 Å². The maximum absolute atomic E-state index is 11.2. The molecule has 2 aromatic rings. The molecule has 1 atom stereocenters. The molecule has 1 aliphatic rings. The number of anilines is 1. The average Bonchev–Trinajstić information content (AvgIpc) is 2.66. The van der Waals surface area contributed by atoms with Crippen LogP contribution < -0.4 is 11.1 Å². The third-order valence-corrected chi connectivity index (χ3v) is 4.37. The van der Waals surface area contributed by atoms with Crippen LogP contribution in [-0.4, -0.2) is 11.0 Å². The molecule has 0 spiro atoms. The van der Waals surface area contributed by atoms with Crippen LogP contribution in [0.4, 0.5) is 5.69 Å². The highest BCUT2D eigenvalue weighted by Crippen LogP contribution is 2.34.